The molecule has 308 valence electrons. The summed E-state index contributed by atoms with van der Waals surface area (Å²) in [5.74, 6) is -1.95. The van der Waals surface area contributed by atoms with E-state index < -0.39 is 122 Å². The minimum Gasteiger partial charge on any atom is -0.508 e. The van der Waals surface area contributed by atoms with Gasteiger partial charge < -0.3 is 89.0 Å². The van der Waals surface area contributed by atoms with Gasteiger partial charge in [0.05, 0.1) is 19.3 Å². The zero-order chi connectivity index (χ0) is 40.7. The normalized spacial score (nSPS) is 34.9. The summed E-state index contributed by atoms with van der Waals surface area (Å²) in [5.41, 5.74) is -0.137. The molecule has 0 unspecified atom stereocenters. The van der Waals surface area contributed by atoms with Gasteiger partial charge in [0.2, 0.25) is 23.8 Å². The van der Waals surface area contributed by atoms with E-state index in [1.165, 1.54) is 31.2 Å². The van der Waals surface area contributed by atoms with Crippen LogP contribution in [0.5, 0.6) is 23.0 Å². The van der Waals surface area contributed by atoms with E-state index in [-0.39, 0.29) is 40.4 Å². The zero-order valence-electron chi connectivity index (χ0n) is 30.4. The number of aliphatic hydroxyl groups excluding tert-OH is 9. The van der Waals surface area contributed by atoms with Crippen molar-refractivity contribution >= 4 is 11.0 Å². The minimum atomic E-state index is -1.83. The molecule has 0 amide bonds. The van der Waals surface area contributed by atoms with Crippen LogP contribution in [0.4, 0.5) is 0 Å². The highest BCUT2D eigenvalue weighted by atomic mass is 16.8. The van der Waals surface area contributed by atoms with Gasteiger partial charge in [-0.15, -0.1) is 0 Å². The fourth-order valence-electron chi connectivity index (χ4n) is 6.57. The summed E-state index contributed by atoms with van der Waals surface area (Å²) in [5, 5.41) is 115. The van der Waals surface area contributed by atoms with E-state index >= 15 is 0 Å². The van der Waals surface area contributed by atoms with Crippen LogP contribution in [0.25, 0.3) is 22.3 Å². The van der Waals surface area contributed by atoms with Gasteiger partial charge in [0.15, 0.2) is 18.2 Å². The molecule has 14 atom stereocenters. The SMILES string of the molecule is CC(C)=CCc1c(O[C@@H]2O[C@@H](CO)[C@@H](O)[C@H](O)[C@@H]2O)cc(O)c2c(=O)c(O[C@H]3OC[C@@H](O)[C@@H](O)[C@H]3O[C@@H]3O[C@@H](C)[C@H](O)[C@@H](O)[C@@H]3O)c(-c3ccc(O)cc3)oc12. The topological polar surface area (TPSA) is 308 Å². The Morgan fingerprint density at radius 1 is 0.821 bits per heavy atom. The molecule has 11 N–H and O–H groups in total. The molecule has 0 bridgehead atoms. The van der Waals surface area contributed by atoms with Crippen molar-refractivity contribution in [3.8, 4) is 34.3 Å². The second-order valence-corrected chi connectivity index (χ2v) is 14.2. The molecular formula is C37H46O19. The number of aromatic hydroxyl groups is 2. The number of allylic oxidation sites excluding steroid dienone is 2. The lowest BCUT2D eigenvalue weighted by Gasteiger charge is -2.43. The number of fused-ring (bicyclic) bond motifs is 1. The van der Waals surface area contributed by atoms with Crippen LogP contribution in [0.3, 0.4) is 0 Å². The lowest BCUT2D eigenvalue weighted by molar-refractivity contribution is -0.344. The molecule has 6 rings (SSSR count). The Hall–Kier alpha value is -3.93. The summed E-state index contributed by atoms with van der Waals surface area (Å²) in [4.78, 5) is 14.6. The molecule has 56 heavy (non-hydrogen) atoms. The van der Waals surface area contributed by atoms with Gasteiger partial charge >= 0.3 is 0 Å². The number of hydrogen-bond donors (Lipinski definition) is 11. The van der Waals surface area contributed by atoms with Crippen molar-refractivity contribution in [2.24, 2.45) is 0 Å². The van der Waals surface area contributed by atoms with Crippen molar-refractivity contribution in [1.29, 1.82) is 0 Å². The van der Waals surface area contributed by atoms with E-state index in [9.17, 15) is 61.0 Å². The highest BCUT2D eigenvalue weighted by molar-refractivity contribution is 5.91. The zero-order valence-corrected chi connectivity index (χ0v) is 30.4. The van der Waals surface area contributed by atoms with E-state index in [0.29, 0.717) is 0 Å². The Morgan fingerprint density at radius 3 is 2.14 bits per heavy atom. The fraction of sp³-hybridized carbons (Fsp3) is 0.541. The molecule has 19 heteroatoms. The maximum atomic E-state index is 14.6. The van der Waals surface area contributed by atoms with Crippen molar-refractivity contribution in [2.75, 3.05) is 13.2 Å². The van der Waals surface area contributed by atoms with E-state index in [1.807, 2.05) is 0 Å². The predicted octanol–water partition coefficient (Wildman–Crippen LogP) is -1.77. The van der Waals surface area contributed by atoms with Crippen LogP contribution < -0.4 is 14.9 Å². The van der Waals surface area contributed by atoms with Gasteiger partial charge in [-0.3, -0.25) is 4.79 Å². The molecule has 3 aliphatic heterocycles. The maximum absolute atomic E-state index is 14.6. The van der Waals surface area contributed by atoms with E-state index in [2.05, 4.69) is 0 Å². The summed E-state index contributed by atoms with van der Waals surface area (Å²) in [7, 11) is 0. The van der Waals surface area contributed by atoms with Crippen LogP contribution in [0.1, 0.15) is 26.3 Å². The van der Waals surface area contributed by atoms with Gasteiger partial charge in [-0.05, 0) is 51.5 Å². The first-order valence-corrected chi connectivity index (χ1v) is 17.8. The average molecular weight is 795 g/mol. The molecule has 3 saturated heterocycles. The molecule has 1 aromatic heterocycles. The molecule has 19 nitrogen and oxygen atoms in total. The molecule has 0 radical (unpaired) electrons. The number of aliphatic hydroxyl groups is 9. The third-order valence-corrected chi connectivity index (χ3v) is 9.87. The van der Waals surface area contributed by atoms with E-state index in [1.54, 1.807) is 19.9 Å². The smallest absolute Gasteiger partial charge is 0.239 e. The van der Waals surface area contributed by atoms with Gasteiger partial charge in [0, 0.05) is 17.2 Å². The number of rotatable bonds is 10. The largest absolute Gasteiger partial charge is 0.508 e. The fourth-order valence-corrected chi connectivity index (χ4v) is 6.57. The van der Waals surface area contributed by atoms with Gasteiger partial charge in [0.25, 0.3) is 0 Å². The molecule has 3 aliphatic rings. The van der Waals surface area contributed by atoms with Crippen molar-refractivity contribution in [3.05, 3.63) is 57.8 Å². The van der Waals surface area contributed by atoms with E-state index in [0.717, 1.165) is 11.6 Å². The van der Waals surface area contributed by atoms with Crippen LogP contribution in [-0.4, -0.2) is 155 Å². The summed E-state index contributed by atoms with van der Waals surface area (Å²) < 4.78 is 40.9. The van der Waals surface area contributed by atoms with Gasteiger partial charge in [-0.1, -0.05) is 11.6 Å². The second-order valence-electron chi connectivity index (χ2n) is 14.2. The molecule has 4 heterocycles. The quantitative estimate of drug-likeness (QED) is 0.101. The van der Waals surface area contributed by atoms with Gasteiger partial charge in [-0.2, -0.15) is 0 Å². The molecular weight excluding hydrogens is 748 g/mol. The molecule has 0 saturated carbocycles. The summed E-state index contributed by atoms with van der Waals surface area (Å²) in [6, 6.07) is 6.37. The highest BCUT2D eigenvalue weighted by Gasteiger charge is 2.49. The third kappa shape index (κ3) is 8.09. The highest BCUT2D eigenvalue weighted by Crippen LogP contribution is 2.42. The van der Waals surface area contributed by atoms with E-state index in [4.69, 9.17) is 32.8 Å². The Balaban J connectivity index is 1.48. The van der Waals surface area contributed by atoms with Crippen LogP contribution in [0.15, 0.2) is 51.2 Å². The third-order valence-electron chi connectivity index (χ3n) is 9.87. The minimum absolute atomic E-state index is 0.00154. The van der Waals surface area contributed by atoms with Crippen molar-refractivity contribution in [1.82, 2.24) is 0 Å². The molecule has 3 fully saturated rings. The number of benzene rings is 2. The lowest BCUT2D eigenvalue weighted by atomic mass is 9.99. The predicted molar refractivity (Wildman–Crippen MR) is 188 cm³/mol. The first kappa shape index (κ1) is 41.7. The second kappa shape index (κ2) is 16.9. The lowest BCUT2D eigenvalue weighted by Crippen LogP contribution is -2.62. The van der Waals surface area contributed by atoms with Gasteiger partial charge in [-0.25, -0.2) is 0 Å². The monoisotopic (exact) mass is 794 g/mol. The van der Waals surface area contributed by atoms with Crippen molar-refractivity contribution in [2.45, 2.75) is 113 Å². The first-order chi connectivity index (χ1) is 26.5. The van der Waals surface area contributed by atoms with Gasteiger partial charge in [0.1, 0.15) is 83.2 Å². The summed E-state index contributed by atoms with van der Waals surface area (Å²) in [6.45, 7) is 3.72. The molecule has 3 aromatic rings. The van der Waals surface area contributed by atoms with Crippen LogP contribution >= 0.6 is 0 Å². The summed E-state index contributed by atoms with van der Waals surface area (Å²) >= 11 is 0. The van der Waals surface area contributed by atoms with Crippen molar-refractivity contribution in [3.63, 3.8) is 0 Å². The number of ether oxygens (including phenoxy) is 6. The maximum Gasteiger partial charge on any atom is 0.239 e. The van der Waals surface area contributed by atoms with Crippen LogP contribution in [-0.2, 0) is 25.4 Å². The Morgan fingerprint density at radius 2 is 1.48 bits per heavy atom. The number of phenolic OH excluding ortho intramolecular Hbond substituents is 2. The van der Waals surface area contributed by atoms with Crippen LogP contribution in [0.2, 0.25) is 0 Å². The first-order valence-electron chi connectivity index (χ1n) is 17.8. The molecule has 0 spiro atoms. The molecule has 2 aromatic carbocycles. The summed E-state index contributed by atoms with van der Waals surface area (Å²) in [6.07, 6.45) is -21.1. The molecule has 0 aliphatic carbocycles. The number of hydrogen-bond acceptors (Lipinski definition) is 19. The average Bonchev–Trinajstić information content (AvgIpc) is 3.16. The van der Waals surface area contributed by atoms with Crippen LogP contribution in [0, 0.1) is 0 Å². The Labute approximate surface area is 318 Å². The number of phenols is 2. The Bertz CT molecular complexity index is 1930. The standard InChI is InChI=1S/C37H46O19/c1-13(2)4-9-17-20(52-36-30(49)28(47)25(44)21(11-38)53-36)10-18(40)22-26(45)33(31(54-32(17)22)15-5-7-16(39)8-6-15)55-37-34(24(43)19(41)12-50-37)56-35-29(48)27(46)23(42)14(3)51-35/h4-8,10,14,19,21,23-25,27-30,34-44,46-49H,9,11-12H2,1-3H3/t14-,19+,21-,23-,24+,25+,27+,28-,29-,30-,34+,35-,36+,37+/m0/s1. The Kier molecular flexibility index (Phi) is 12.6. The van der Waals surface area contributed by atoms with Crippen molar-refractivity contribution < 1.29 is 89.0 Å².